The van der Waals surface area contributed by atoms with Crippen LogP contribution in [0.5, 0.6) is 0 Å². The maximum absolute atomic E-state index is 13.8. The van der Waals surface area contributed by atoms with Crippen LogP contribution in [-0.2, 0) is 25.3 Å². The Kier molecular flexibility index (Phi) is 5.77. The fraction of sp³-hybridized carbons (Fsp3) is 0.500. The van der Waals surface area contributed by atoms with E-state index in [-0.39, 0.29) is 17.8 Å². The van der Waals surface area contributed by atoms with Crippen LogP contribution in [0.2, 0.25) is 0 Å². The van der Waals surface area contributed by atoms with Gasteiger partial charge in [-0.3, -0.25) is 9.59 Å². The molecule has 1 spiro atoms. The highest BCUT2D eigenvalue weighted by atomic mass is 16.6. The Bertz CT molecular complexity index is 1230. The van der Waals surface area contributed by atoms with Crippen molar-refractivity contribution >= 4 is 23.5 Å². The molecule has 7 nitrogen and oxygen atoms in total. The van der Waals surface area contributed by atoms with Crippen LogP contribution < -0.4 is 4.90 Å². The van der Waals surface area contributed by atoms with Crippen LogP contribution in [-0.4, -0.2) is 66.9 Å². The van der Waals surface area contributed by atoms with Crippen LogP contribution in [0.4, 0.5) is 5.69 Å². The Hall–Kier alpha value is -3.35. The van der Waals surface area contributed by atoms with Crippen LogP contribution in [0, 0.1) is 5.92 Å². The molecule has 2 saturated heterocycles. The van der Waals surface area contributed by atoms with E-state index < -0.39 is 11.0 Å². The highest BCUT2D eigenvalue weighted by Crippen LogP contribution is 2.52. The molecule has 0 N–H and O–H groups in total. The molecular formula is C30H35N3O4. The standard InChI is InChI=1S/C30H35N3O4/c1-21(2)19-26(34)32-17-15-31(16-18-32)23-9-7-22(8-10-23)29(11-12-29)28(36)33-14-13-30(20-33)25-6-4-3-5-24(25)27(35)37-30/h3-10,21H,11-20H2,1-2H3/t30-/m0/s1. The van der Waals surface area contributed by atoms with Crippen molar-refractivity contribution in [2.75, 3.05) is 44.2 Å². The maximum atomic E-state index is 13.8. The molecule has 3 heterocycles. The molecule has 1 saturated carbocycles. The van der Waals surface area contributed by atoms with E-state index in [2.05, 4.69) is 43.0 Å². The number of carbonyl (C=O) groups is 3. The third kappa shape index (κ3) is 4.09. The molecule has 194 valence electrons. The Morgan fingerprint density at radius 3 is 2.27 bits per heavy atom. The van der Waals surface area contributed by atoms with E-state index in [9.17, 15) is 14.4 Å². The third-order valence-corrected chi connectivity index (χ3v) is 8.60. The third-order valence-electron chi connectivity index (χ3n) is 8.60. The summed E-state index contributed by atoms with van der Waals surface area (Å²) in [5.41, 5.74) is 2.57. The van der Waals surface area contributed by atoms with Crippen LogP contribution in [0.25, 0.3) is 0 Å². The van der Waals surface area contributed by atoms with Gasteiger partial charge in [0.05, 0.1) is 17.5 Å². The average molecular weight is 502 g/mol. The summed E-state index contributed by atoms with van der Waals surface area (Å²) in [6.07, 6.45) is 2.95. The summed E-state index contributed by atoms with van der Waals surface area (Å²) >= 11 is 0. The van der Waals surface area contributed by atoms with Gasteiger partial charge in [-0.1, -0.05) is 44.2 Å². The van der Waals surface area contributed by atoms with Crippen LogP contribution in [0.3, 0.4) is 0 Å². The highest BCUT2D eigenvalue weighted by Gasteiger charge is 2.57. The number of anilines is 1. The quantitative estimate of drug-likeness (QED) is 0.585. The van der Waals surface area contributed by atoms with Crippen molar-refractivity contribution in [2.24, 2.45) is 5.92 Å². The number of amides is 2. The minimum Gasteiger partial charge on any atom is -0.449 e. The first-order valence-corrected chi connectivity index (χ1v) is 13.6. The van der Waals surface area contributed by atoms with Crippen molar-refractivity contribution in [1.82, 2.24) is 9.80 Å². The number of rotatable bonds is 5. The number of ether oxygens (including phenoxy) is 1. The van der Waals surface area contributed by atoms with Gasteiger partial charge in [-0.25, -0.2) is 4.79 Å². The summed E-state index contributed by atoms with van der Waals surface area (Å²) in [4.78, 5) is 44.8. The van der Waals surface area contributed by atoms with Gasteiger partial charge >= 0.3 is 5.97 Å². The topological polar surface area (TPSA) is 70.2 Å². The lowest BCUT2D eigenvalue weighted by Gasteiger charge is -2.36. The molecule has 2 aromatic rings. The minimum atomic E-state index is -0.706. The van der Waals surface area contributed by atoms with Crippen molar-refractivity contribution in [3.8, 4) is 0 Å². The molecule has 0 radical (unpaired) electrons. The second-order valence-electron chi connectivity index (χ2n) is 11.5. The summed E-state index contributed by atoms with van der Waals surface area (Å²) in [5.74, 6) is 0.492. The molecule has 37 heavy (non-hydrogen) atoms. The molecule has 1 atom stereocenters. The lowest BCUT2D eigenvalue weighted by Crippen LogP contribution is -2.49. The van der Waals surface area contributed by atoms with E-state index in [4.69, 9.17) is 4.74 Å². The molecule has 2 aromatic carbocycles. The average Bonchev–Trinajstić information content (AvgIpc) is 3.54. The first-order chi connectivity index (χ1) is 17.8. The van der Waals surface area contributed by atoms with Gasteiger partial charge in [-0.15, -0.1) is 0 Å². The molecule has 7 heteroatoms. The molecule has 0 bridgehead atoms. The van der Waals surface area contributed by atoms with Gasteiger partial charge in [0.1, 0.15) is 0 Å². The van der Waals surface area contributed by atoms with Crippen molar-refractivity contribution in [2.45, 2.75) is 50.5 Å². The zero-order chi connectivity index (χ0) is 25.8. The zero-order valence-corrected chi connectivity index (χ0v) is 21.7. The summed E-state index contributed by atoms with van der Waals surface area (Å²) in [7, 11) is 0. The first-order valence-electron chi connectivity index (χ1n) is 13.6. The fourth-order valence-corrected chi connectivity index (χ4v) is 6.34. The molecule has 1 aliphatic carbocycles. The normalized spacial score (nSPS) is 24.0. The van der Waals surface area contributed by atoms with Gasteiger partial charge in [-0.05, 0) is 42.5 Å². The first kappa shape index (κ1) is 24.0. The Labute approximate surface area is 218 Å². The predicted molar refractivity (Wildman–Crippen MR) is 140 cm³/mol. The van der Waals surface area contributed by atoms with Crippen LogP contribution in [0.1, 0.15) is 61.0 Å². The van der Waals surface area contributed by atoms with E-state index in [1.807, 2.05) is 34.1 Å². The Morgan fingerprint density at radius 1 is 0.892 bits per heavy atom. The second-order valence-corrected chi connectivity index (χ2v) is 11.5. The summed E-state index contributed by atoms with van der Waals surface area (Å²) in [6.45, 7) is 8.33. The van der Waals surface area contributed by atoms with E-state index in [1.54, 1.807) is 0 Å². The lowest BCUT2D eigenvalue weighted by molar-refractivity contribution is -0.134. The van der Waals surface area contributed by atoms with Gasteiger partial charge in [0, 0.05) is 56.8 Å². The van der Waals surface area contributed by atoms with Crippen LogP contribution >= 0.6 is 0 Å². The number of esters is 1. The maximum Gasteiger partial charge on any atom is 0.339 e. The van der Waals surface area contributed by atoms with Gasteiger partial charge in [0.15, 0.2) is 5.60 Å². The van der Waals surface area contributed by atoms with Gasteiger partial charge in [0.2, 0.25) is 11.8 Å². The number of hydrogen-bond acceptors (Lipinski definition) is 5. The van der Waals surface area contributed by atoms with Crippen molar-refractivity contribution in [3.63, 3.8) is 0 Å². The molecule has 3 fully saturated rings. The van der Waals surface area contributed by atoms with Gasteiger partial charge in [-0.2, -0.15) is 0 Å². The Morgan fingerprint density at radius 2 is 1.59 bits per heavy atom. The van der Waals surface area contributed by atoms with E-state index in [0.717, 1.165) is 55.8 Å². The number of carbonyl (C=O) groups excluding carboxylic acids is 3. The van der Waals surface area contributed by atoms with Crippen molar-refractivity contribution in [1.29, 1.82) is 0 Å². The molecule has 0 unspecified atom stereocenters. The largest absolute Gasteiger partial charge is 0.449 e. The Balaban J connectivity index is 1.11. The number of hydrogen-bond donors (Lipinski definition) is 0. The predicted octanol–water partition coefficient (Wildman–Crippen LogP) is 3.71. The smallest absolute Gasteiger partial charge is 0.339 e. The van der Waals surface area contributed by atoms with E-state index in [1.165, 1.54) is 0 Å². The van der Waals surface area contributed by atoms with E-state index >= 15 is 0 Å². The number of fused-ring (bicyclic) bond motifs is 2. The molecule has 4 aliphatic rings. The van der Waals surface area contributed by atoms with Crippen molar-refractivity contribution < 1.29 is 19.1 Å². The van der Waals surface area contributed by atoms with Crippen molar-refractivity contribution in [3.05, 3.63) is 65.2 Å². The molecule has 2 amide bonds. The van der Waals surface area contributed by atoms with Crippen LogP contribution in [0.15, 0.2) is 48.5 Å². The fourth-order valence-electron chi connectivity index (χ4n) is 6.34. The molecule has 3 aliphatic heterocycles. The SMILES string of the molecule is CC(C)CC(=O)N1CCN(c2ccc(C3(C(=O)N4CC[C@@]5(C4)OC(=O)c4ccccc45)CC3)cc2)CC1. The van der Waals surface area contributed by atoms with Gasteiger partial charge in [0.25, 0.3) is 0 Å². The minimum absolute atomic E-state index is 0.148. The lowest BCUT2D eigenvalue weighted by atomic mass is 9.91. The monoisotopic (exact) mass is 501 g/mol. The number of benzene rings is 2. The number of nitrogens with zero attached hydrogens (tertiary/aromatic N) is 3. The van der Waals surface area contributed by atoms with E-state index in [0.29, 0.717) is 37.4 Å². The zero-order valence-electron chi connectivity index (χ0n) is 21.7. The summed E-state index contributed by atoms with van der Waals surface area (Å²) in [5, 5.41) is 0. The second kappa shape index (κ2) is 8.89. The number of likely N-dealkylation sites (tertiary alicyclic amines) is 1. The summed E-state index contributed by atoms with van der Waals surface area (Å²) < 4.78 is 5.86. The van der Waals surface area contributed by atoms with Gasteiger partial charge < -0.3 is 19.4 Å². The summed E-state index contributed by atoms with van der Waals surface area (Å²) in [6, 6.07) is 16.0. The number of piperazine rings is 1. The highest BCUT2D eigenvalue weighted by molar-refractivity contribution is 5.96. The molecular weight excluding hydrogens is 466 g/mol. The molecule has 0 aromatic heterocycles. The molecule has 6 rings (SSSR count).